The van der Waals surface area contributed by atoms with E-state index < -0.39 is 5.50 Å². The highest BCUT2D eigenvalue weighted by Crippen LogP contribution is 2.27. The predicted octanol–water partition coefficient (Wildman–Crippen LogP) is 4.55. The smallest absolute Gasteiger partial charge is 0.150 e. The third-order valence-corrected chi connectivity index (χ3v) is 3.26. The molecule has 1 rings (SSSR count). The summed E-state index contributed by atoms with van der Waals surface area (Å²) in [5, 5.41) is 8.34. The number of nitrogens with zero attached hydrogens (tertiary/aromatic N) is 1. The van der Waals surface area contributed by atoms with E-state index in [0.717, 1.165) is 24.2 Å². The zero-order valence-corrected chi connectivity index (χ0v) is 10.0. The fourth-order valence-corrected chi connectivity index (χ4v) is 2.29. The summed E-state index contributed by atoms with van der Waals surface area (Å²) in [6.45, 7) is 0. The quantitative estimate of drug-likeness (QED) is 0.513. The molecule has 0 saturated carbocycles. The highest BCUT2D eigenvalue weighted by atomic mass is 32.2. The van der Waals surface area contributed by atoms with Gasteiger partial charge < -0.3 is 0 Å². The molecule has 1 nitrogen and oxygen atoms in total. The average Bonchev–Trinajstić information content (AvgIpc) is 2.30. The van der Waals surface area contributed by atoms with Crippen molar-refractivity contribution in [2.45, 2.75) is 42.5 Å². The third kappa shape index (κ3) is 5.77. The molecule has 0 fully saturated rings. The van der Waals surface area contributed by atoms with Gasteiger partial charge in [0.2, 0.25) is 0 Å². The van der Waals surface area contributed by atoms with Gasteiger partial charge in [0.25, 0.3) is 0 Å². The minimum atomic E-state index is -0.829. The summed E-state index contributed by atoms with van der Waals surface area (Å²) in [5.41, 5.74) is -0.829. The van der Waals surface area contributed by atoms with Crippen LogP contribution in [0.15, 0.2) is 35.2 Å². The van der Waals surface area contributed by atoms with Crippen LogP contribution in [-0.2, 0) is 0 Å². The first-order valence-corrected chi connectivity index (χ1v) is 6.43. The van der Waals surface area contributed by atoms with Gasteiger partial charge in [-0.25, -0.2) is 4.39 Å². The Hall–Kier alpha value is -1.01. The van der Waals surface area contributed by atoms with E-state index >= 15 is 0 Å². The Bertz CT molecular complexity index is 320. The maximum atomic E-state index is 13.5. The summed E-state index contributed by atoms with van der Waals surface area (Å²) in [7, 11) is 0. The topological polar surface area (TPSA) is 23.8 Å². The van der Waals surface area contributed by atoms with Crippen molar-refractivity contribution in [3.63, 3.8) is 0 Å². The summed E-state index contributed by atoms with van der Waals surface area (Å²) in [5.74, 6) is 0. The Kier molecular flexibility index (Phi) is 6.67. The second-order valence-electron chi connectivity index (χ2n) is 3.60. The summed E-state index contributed by atoms with van der Waals surface area (Å²) in [4.78, 5) is 0.979. The van der Waals surface area contributed by atoms with Gasteiger partial charge >= 0.3 is 0 Å². The number of rotatable bonds is 7. The van der Waals surface area contributed by atoms with Crippen LogP contribution in [0.25, 0.3) is 0 Å². The van der Waals surface area contributed by atoms with Crippen LogP contribution in [0.3, 0.4) is 0 Å². The summed E-state index contributed by atoms with van der Waals surface area (Å²) in [6, 6.07) is 11.7. The van der Waals surface area contributed by atoms with Gasteiger partial charge in [-0.2, -0.15) is 5.26 Å². The first kappa shape index (κ1) is 13.1. The van der Waals surface area contributed by atoms with Gasteiger partial charge in [-0.05, 0) is 31.4 Å². The lowest BCUT2D eigenvalue weighted by Gasteiger charge is -2.07. The van der Waals surface area contributed by atoms with E-state index in [1.807, 2.05) is 30.3 Å². The van der Waals surface area contributed by atoms with Crippen LogP contribution in [0.2, 0.25) is 0 Å². The molecule has 1 unspecified atom stereocenters. The minimum absolute atomic E-state index is 0.574. The van der Waals surface area contributed by atoms with E-state index in [-0.39, 0.29) is 0 Å². The third-order valence-electron chi connectivity index (χ3n) is 2.23. The molecule has 0 amide bonds. The molecule has 0 bridgehead atoms. The van der Waals surface area contributed by atoms with Crippen molar-refractivity contribution in [3.05, 3.63) is 30.3 Å². The molecule has 3 heteroatoms. The number of alkyl halides is 1. The number of nitriles is 1. The Labute approximate surface area is 101 Å². The molecule has 0 radical (unpaired) electrons. The number of halogens is 1. The van der Waals surface area contributed by atoms with Gasteiger partial charge in [-0.1, -0.05) is 36.4 Å². The van der Waals surface area contributed by atoms with Crippen molar-refractivity contribution in [1.29, 1.82) is 5.26 Å². The molecule has 0 aliphatic rings. The summed E-state index contributed by atoms with van der Waals surface area (Å²) < 4.78 is 13.5. The van der Waals surface area contributed by atoms with Crippen LogP contribution < -0.4 is 0 Å². The SMILES string of the molecule is N#CCCCCCC(F)Sc1ccccc1. The molecule has 1 aromatic rings. The molecule has 0 aromatic heterocycles. The molecule has 1 atom stereocenters. The fourth-order valence-electron chi connectivity index (χ4n) is 1.39. The highest BCUT2D eigenvalue weighted by molar-refractivity contribution is 7.99. The fraction of sp³-hybridized carbons (Fsp3) is 0.462. The van der Waals surface area contributed by atoms with Gasteiger partial charge in [0, 0.05) is 11.3 Å². The standard InChI is InChI=1S/C13H16FNS/c14-13(10-6-1-2-7-11-15)16-12-8-4-3-5-9-12/h3-5,8-9,13H,1-2,6-7,10H2. The Morgan fingerprint density at radius 3 is 2.62 bits per heavy atom. The van der Waals surface area contributed by atoms with Crippen LogP contribution in [0.1, 0.15) is 32.1 Å². The molecular formula is C13H16FNS. The molecule has 0 aliphatic carbocycles. The first-order valence-electron chi connectivity index (χ1n) is 5.55. The lowest BCUT2D eigenvalue weighted by Crippen LogP contribution is -1.93. The molecule has 0 saturated heterocycles. The van der Waals surface area contributed by atoms with E-state index in [0.29, 0.717) is 12.8 Å². The Morgan fingerprint density at radius 2 is 1.94 bits per heavy atom. The van der Waals surface area contributed by atoms with E-state index in [1.165, 1.54) is 11.8 Å². The predicted molar refractivity (Wildman–Crippen MR) is 65.9 cm³/mol. The zero-order valence-electron chi connectivity index (χ0n) is 9.23. The molecule has 0 aliphatic heterocycles. The maximum Gasteiger partial charge on any atom is 0.150 e. The van der Waals surface area contributed by atoms with Gasteiger partial charge in [-0.3, -0.25) is 0 Å². The highest BCUT2D eigenvalue weighted by Gasteiger charge is 2.07. The molecule has 0 N–H and O–H groups in total. The van der Waals surface area contributed by atoms with Crippen molar-refractivity contribution >= 4 is 11.8 Å². The average molecular weight is 237 g/mol. The van der Waals surface area contributed by atoms with Crippen molar-refractivity contribution in [1.82, 2.24) is 0 Å². The van der Waals surface area contributed by atoms with Gasteiger partial charge in [-0.15, -0.1) is 0 Å². The summed E-state index contributed by atoms with van der Waals surface area (Å²) >= 11 is 1.28. The molecular weight excluding hydrogens is 221 g/mol. The maximum absolute atomic E-state index is 13.5. The van der Waals surface area contributed by atoms with Crippen molar-refractivity contribution in [3.8, 4) is 6.07 Å². The second kappa shape index (κ2) is 8.18. The van der Waals surface area contributed by atoms with Crippen LogP contribution in [-0.4, -0.2) is 5.50 Å². The van der Waals surface area contributed by atoms with E-state index in [4.69, 9.17) is 5.26 Å². The Balaban J connectivity index is 2.12. The second-order valence-corrected chi connectivity index (χ2v) is 4.82. The lowest BCUT2D eigenvalue weighted by molar-refractivity contribution is 0.414. The number of hydrogen-bond donors (Lipinski definition) is 0. The van der Waals surface area contributed by atoms with Crippen molar-refractivity contribution < 1.29 is 4.39 Å². The Morgan fingerprint density at radius 1 is 1.19 bits per heavy atom. The first-order chi connectivity index (χ1) is 7.83. The largest absolute Gasteiger partial charge is 0.235 e. The van der Waals surface area contributed by atoms with E-state index in [9.17, 15) is 4.39 Å². The molecule has 1 aromatic carbocycles. The molecule has 16 heavy (non-hydrogen) atoms. The van der Waals surface area contributed by atoms with Gasteiger partial charge in [0.05, 0.1) is 6.07 Å². The number of benzene rings is 1. The zero-order chi connectivity index (χ0) is 11.6. The van der Waals surface area contributed by atoms with Crippen LogP contribution >= 0.6 is 11.8 Å². The number of thioether (sulfide) groups is 1. The van der Waals surface area contributed by atoms with Crippen LogP contribution in [0, 0.1) is 11.3 Å². The molecule has 0 spiro atoms. The molecule has 0 heterocycles. The van der Waals surface area contributed by atoms with Gasteiger partial charge in [0.1, 0.15) is 5.50 Å². The van der Waals surface area contributed by atoms with E-state index in [2.05, 4.69) is 6.07 Å². The van der Waals surface area contributed by atoms with Crippen LogP contribution in [0.5, 0.6) is 0 Å². The molecule has 86 valence electrons. The summed E-state index contributed by atoms with van der Waals surface area (Å²) in [6.07, 6.45) is 3.86. The lowest BCUT2D eigenvalue weighted by atomic mass is 10.2. The van der Waals surface area contributed by atoms with Crippen LogP contribution in [0.4, 0.5) is 4.39 Å². The number of unbranched alkanes of at least 4 members (excludes halogenated alkanes) is 3. The normalized spacial score (nSPS) is 12.0. The van der Waals surface area contributed by atoms with E-state index in [1.54, 1.807) is 0 Å². The van der Waals surface area contributed by atoms with Crippen molar-refractivity contribution in [2.24, 2.45) is 0 Å². The monoisotopic (exact) mass is 237 g/mol. The van der Waals surface area contributed by atoms with Crippen molar-refractivity contribution in [2.75, 3.05) is 0 Å². The minimum Gasteiger partial charge on any atom is -0.235 e. The van der Waals surface area contributed by atoms with Gasteiger partial charge in [0.15, 0.2) is 0 Å². The number of hydrogen-bond acceptors (Lipinski definition) is 2.